The summed E-state index contributed by atoms with van der Waals surface area (Å²) in [4.78, 5) is 27.1. The first-order valence-corrected chi connectivity index (χ1v) is 10.2. The number of fused-ring (bicyclic) bond motifs is 1. The molecule has 0 atom stereocenters. The van der Waals surface area contributed by atoms with Crippen LogP contribution in [-0.4, -0.2) is 34.5 Å². The van der Waals surface area contributed by atoms with E-state index >= 15 is 0 Å². The van der Waals surface area contributed by atoms with Gasteiger partial charge in [0.05, 0.1) is 5.56 Å². The number of carbonyl (C=O) groups is 2. The number of carbonyl (C=O) groups excluding carboxylic acids is 2. The summed E-state index contributed by atoms with van der Waals surface area (Å²) in [6.07, 6.45) is 1.75. The van der Waals surface area contributed by atoms with Crippen molar-refractivity contribution >= 4 is 22.8 Å². The van der Waals surface area contributed by atoms with Gasteiger partial charge in [0.25, 0.3) is 5.91 Å². The molecular weight excluding hydrogens is 378 g/mol. The highest BCUT2D eigenvalue weighted by atomic mass is 16.2. The largest absolute Gasteiger partial charge is 0.350 e. The van der Waals surface area contributed by atoms with Gasteiger partial charge in [0.2, 0.25) is 0 Å². The van der Waals surface area contributed by atoms with Crippen LogP contribution in [0.15, 0.2) is 54.7 Å². The van der Waals surface area contributed by atoms with Crippen LogP contribution in [0, 0.1) is 0 Å². The Morgan fingerprint density at radius 3 is 2.33 bits per heavy atom. The Labute approximate surface area is 177 Å². The van der Waals surface area contributed by atoms with E-state index in [0.29, 0.717) is 12.1 Å². The molecule has 30 heavy (non-hydrogen) atoms. The number of para-hydroxylation sites is 1. The van der Waals surface area contributed by atoms with Crippen molar-refractivity contribution in [3.05, 3.63) is 71.4 Å². The molecular formula is C23H29N5O2. The van der Waals surface area contributed by atoms with Crippen LogP contribution in [0.3, 0.4) is 0 Å². The van der Waals surface area contributed by atoms with Gasteiger partial charge < -0.3 is 9.88 Å². The second-order valence-corrected chi connectivity index (χ2v) is 7.16. The zero-order chi connectivity index (χ0) is 21.5. The summed E-state index contributed by atoms with van der Waals surface area (Å²) in [6.45, 7) is 7.43. The normalized spacial score (nSPS) is 10.9. The first-order valence-electron chi connectivity index (χ1n) is 10.2. The van der Waals surface area contributed by atoms with Gasteiger partial charge in [-0.15, -0.1) is 0 Å². The molecule has 0 saturated heterocycles. The van der Waals surface area contributed by atoms with Gasteiger partial charge in [-0.25, -0.2) is 10.2 Å². The lowest BCUT2D eigenvalue weighted by atomic mass is 10.1. The molecule has 0 aliphatic rings. The Morgan fingerprint density at radius 2 is 1.60 bits per heavy atom. The number of nitrogens with one attached hydrogen (secondary N) is 3. The van der Waals surface area contributed by atoms with E-state index in [1.165, 1.54) is 5.56 Å². The number of benzene rings is 2. The molecule has 3 amide bonds. The minimum absolute atomic E-state index is 0.358. The summed E-state index contributed by atoms with van der Waals surface area (Å²) < 4.78 is 1.89. The van der Waals surface area contributed by atoms with E-state index in [2.05, 4.69) is 41.0 Å². The van der Waals surface area contributed by atoms with Crippen LogP contribution in [0.5, 0.6) is 0 Å². The maximum absolute atomic E-state index is 12.5. The predicted octanol–water partition coefficient (Wildman–Crippen LogP) is 3.16. The molecule has 2 aromatic carbocycles. The van der Waals surface area contributed by atoms with Gasteiger partial charge >= 0.3 is 6.03 Å². The molecule has 3 N–H and O–H groups in total. The van der Waals surface area contributed by atoms with Crippen LogP contribution >= 0.6 is 0 Å². The van der Waals surface area contributed by atoms with E-state index in [1.807, 2.05) is 54.1 Å². The van der Waals surface area contributed by atoms with Crippen LogP contribution in [0.4, 0.5) is 4.79 Å². The summed E-state index contributed by atoms with van der Waals surface area (Å²) in [6, 6.07) is 15.2. The number of hydrogen-bond acceptors (Lipinski definition) is 3. The van der Waals surface area contributed by atoms with Crippen molar-refractivity contribution in [3.8, 4) is 0 Å². The number of amides is 3. The summed E-state index contributed by atoms with van der Waals surface area (Å²) in [5.74, 6) is -0.358. The number of hydrazine groups is 1. The molecule has 0 unspecified atom stereocenters. The lowest BCUT2D eigenvalue weighted by molar-refractivity contribution is 0.0937. The number of aryl methyl sites for hydroxylation is 1. The minimum atomic E-state index is -0.457. The standard InChI is InChI=1S/C23H29N5O2/c1-4-28(5-2)15-18-11-7-6-10-17(18)14-24-23(30)26-25-22(29)20-16-27(3)21-13-9-8-12-19(20)21/h6-13,16H,4-5,14-15H2,1-3H3,(H,25,29)(H2,24,26,30). The van der Waals surface area contributed by atoms with Crippen molar-refractivity contribution in [2.75, 3.05) is 13.1 Å². The second kappa shape index (κ2) is 9.93. The van der Waals surface area contributed by atoms with E-state index in [1.54, 1.807) is 6.20 Å². The molecule has 0 radical (unpaired) electrons. The Bertz CT molecular complexity index is 1020. The molecule has 0 aliphatic carbocycles. The first kappa shape index (κ1) is 21.4. The van der Waals surface area contributed by atoms with Gasteiger partial charge in [0, 0.05) is 37.2 Å². The molecule has 7 nitrogen and oxygen atoms in total. The van der Waals surface area contributed by atoms with E-state index in [0.717, 1.165) is 36.1 Å². The lowest BCUT2D eigenvalue weighted by Crippen LogP contribution is -2.46. The quantitative estimate of drug-likeness (QED) is 0.527. The average molecular weight is 408 g/mol. The van der Waals surface area contributed by atoms with Gasteiger partial charge in [0.15, 0.2) is 0 Å². The fourth-order valence-electron chi connectivity index (χ4n) is 3.50. The Balaban J connectivity index is 1.56. The van der Waals surface area contributed by atoms with Gasteiger partial charge in [-0.05, 0) is 30.3 Å². The SMILES string of the molecule is CCN(CC)Cc1ccccc1CNC(=O)NNC(=O)c1cn(C)c2ccccc12. The number of rotatable bonds is 7. The topological polar surface area (TPSA) is 78.4 Å². The molecule has 158 valence electrons. The van der Waals surface area contributed by atoms with Gasteiger partial charge in [0.1, 0.15) is 0 Å². The van der Waals surface area contributed by atoms with E-state index in [4.69, 9.17) is 0 Å². The molecule has 0 fully saturated rings. The van der Waals surface area contributed by atoms with Crippen molar-refractivity contribution in [2.45, 2.75) is 26.9 Å². The van der Waals surface area contributed by atoms with Crippen LogP contribution in [0.1, 0.15) is 35.3 Å². The van der Waals surface area contributed by atoms with E-state index in [9.17, 15) is 9.59 Å². The molecule has 1 heterocycles. The molecule has 0 saturated carbocycles. The number of urea groups is 1. The molecule has 0 spiro atoms. The average Bonchev–Trinajstić information content (AvgIpc) is 3.12. The van der Waals surface area contributed by atoms with Crippen LogP contribution in [-0.2, 0) is 20.1 Å². The fourth-order valence-corrected chi connectivity index (χ4v) is 3.50. The summed E-state index contributed by atoms with van der Waals surface area (Å²) in [5, 5.41) is 3.65. The Morgan fingerprint density at radius 1 is 0.933 bits per heavy atom. The minimum Gasteiger partial charge on any atom is -0.350 e. The fraction of sp³-hybridized carbons (Fsp3) is 0.304. The molecule has 1 aromatic heterocycles. The number of hydrogen-bond donors (Lipinski definition) is 3. The van der Waals surface area contributed by atoms with Crippen molar-refractivity contribution in [2.24, 2.45) is 7.05 Å². The zero-order valence-corrected chi connectivity index (χ0v) is 17.7. The number of nitrogens with zero attached hydrogens (tertiary/aromatic N) is 2. The Hall–Kier alpha value is -3.32. The smallest absolute Gasteiger partial charge is 0.333 e. The molecule has 0 aliphatic heterocycles. The van der Waals surface area contributed by atoms with Crippen molar-refractivity contribution in [1.82, 2.24) is 25.6 Å². The van der Waals surface area contributed by atoms with Crippen molar-refractivity contribution in [3.63, 3.8) is 0 Å². The highest BCUT2D eigenvalue weighted by Crippen LogP contribution is 2.19. The Kier molecular flexibility index (Phi) is 7.08. The summed E-state index contributed by atoms with van der Waals surface area (Å²) in [7, 11) is 1.88. The van der Waals surface area contributed by atoms with Gasteiger partial charge in [-0.1, -0.05) is 56.3 Å². The highest BCUT2D eigenvalue weighted by molar-refractivity contribution is 6.07. The zero-order valence-electron chi connectivity index (χ0n) is 17.7. The van der Waals surface area contributed by atoms with Crippen LogP contribution < -0.4 is 16.2 Å². The molecule has 3 aromatic rings. The predicted molar refractivity (Wildman–Crippen MR) is 119 cm³/mol. The van der Waals surface area contributed by atoms with E-state index in [-0.39, 0.29) is 5.91 Å². The van der Waals surface area contributed by atoms with Crippen molar-refractivity contribution < 1.29 is 9.59 Å². The molecule has 7 heteroatoms. The second-order valence-electron chi connectivity index (χ2n) is 7.16. The molecule has 3 rings (SSSR count). The van der Waals surface area contributed by atoms with Crippen LogP contribution in [0.25, 0.3) is 10.9 Å². The lowest BCUT2D eigenvalue weighted by Gasteiger charge is -2.20. The summed E-state index contributed by atoms with van der Waals surface area (Å²) in [5.41, 5.74) is 8.63. The maximum Gasteiger partial charge on any atom is 0.333 e. The van der Waals surface area contributed by atoms with Gasteiger partial charge in [-0.3, -0.25) is 15.1 Å². The van der Waals surface area contributed by atoms with E-state index < -0.39 is 6.03 Å². The van der Waals surface area contributed by atoms with Gasteiger partial charge in [-0.2, -0.15) is 0 Å². The highest BCUT2D eigenvalue weighted by Gasteiger charge is 2.14. The molecule has 0 bridgehead atoms. The summed E-state index contributed by atoms with van der Waals surface area (Å²) >= 11 is 0. The third-order valence-corrected chi connectivity index (χ3v) is 5.28. The number of aromatic nitrogens is 1. The maximum atomic E-state index is 12.5. The third-order valence-electron chi connectivity index (χ3n) is 5.28. The van der Waals surface area contributed by atoms with Crippen LogP contribution in [0.2, 0.25) is 0 Å². The van der Waals surface area contributed by atoms with Crippen molar-refractivity contribution in [1.29, 1.82) is 0 Å². The monoisotopic (exact) mass is 407 g/mol. The first-order chi connectivity index (χ1) is 14.5. The third kappa shape index (κ3) is 4.99.